The molecule has 0 aliphatic heterocycles. The van der Waals surface area contributed by atoms with Crippen molar-refractivity contribution in [2.24, 2.45) is 0 Å². The van der Waals surface area contributed by atoms with Crippen molar-refractivity contribution in [2.45, 2.75) is 20.0 Å². The molecular weight excluding hydrogens is 294 g/mol. The first-order chi connectivity index (χ1) is 11.0. The van der Waals surface area contributed by atoms with Gasteiger partial charge in [0, 0.05) is 17.3 Å². The number of nitrogens with one attached hydrogen (secondary N) is 1. The summed E-state index contributed by atoms with van der Waals surface area (Å²) in [6.07, 6.45) is 0.0534. The molecule has 0 aromatic heterocycles. The van der Waals surface area contributed by atoms with Crippen LogP contribution in [0, 0.1) is 0 Å². The molecule has 2 aromatic rings. The van der Waals surface area contributed by atoms with Crippen LogP contribution in [-0.2, 0) is 4.74 Å². The van der Waals surface area contributed by atoms with E-state index in [0.29, 0.717) is 22.6 Å². The van der Waals surface area contributed by atoms with Crippen LogP contribution in [0.15, 0.2) is 48.5 Å². The summed E-state index contributed by atoms with van der Waals surface area (Å²) < 4.78 is 10.2. The van der Waals surface area contributed by atoms with Crippen LogP contribution in [0.4, 0.5) is 5.69 Å². The van der Waals surface area contributed by atoms with Crippen molar-refractivity contribution in [1.82, 2.24) is 0 Å². The molecule has 0 radical (unpaired) electrons. The van der Waals surface area contributed by atoms with Gasteiger partial charge in [-0.15, -0.1) is 0 Å². The highest BCUT2D eigenvalue weighted by molar-refractivity contribution is 6.05. The maximum absolute atomic E-state index is 12.3. The quantitative estimate of drug-likeness (QED) is 0.858. The number of benzene rings is 2. The lowest BCUT2D eigenvalue weighted by Crippen LogP contribution is -2.13. The average Bonchev–Trinajstić information content (AvgIpc) is 2.54. The van der Waals surface area contributed by atoms with Gasteiger partial charge in [-0.3, -0.25) is 4.79 Å². The van der Waals surface area contributed by atoms with E-state index in [1.54, 1.807) is 36.4 Å². The molecule has 120 valence electrons. The fourth-order valence-corrected chi connectivity index (χ4v) is 2.03. The van der Waals surface area contributed by atoms with Gasteiger partial charge in [-0.25, -0.2) is 4.79 Å². The van der Waals surface area contributed by atoms with E-state index in [1.807, 2.05) is 19.9 Å². The van der Waals surface area contributed by atoms with Gasteiger partial charge in [-0.2, -0.15) is 0 Å². The number of carbonyl (C=O) groups is 2. The Morgan fingerprint density at radius 1 is 1.00 bits per heavy atom. The van der Waals surface area contributed by atoms with Gasteiger partial charge in [0.15, 0.2) is 0 Å². The van der Waals surface area contributed by atoms with Crippen LogP contribution in [0.1, 0.15) is 34.6 Å². The molecule has 0 bridgehead atoms. The van der Waals surface area contributed by atoms with Crippen LogP contribution in [0.5, 0.6) is 5.75 Å². The molecule has 0 saturated carbocycles. The van der Waals surface area contributed by atoms with Gasteiger partial charge in [-0.1, -0.05) is 12.1 Å². The predicted molar refractivity (Wildman–Crippen MR) is 87.9 cm³/mol. The van der Waals surface area contributed by atoms with E-state index in [4.69, 9.17) is 4.74 Å². The van der Waals surface area contributed by atoms with Crippen LogP contribution in [0.25, 0.3) is 0 Å². The summed E-state index contributed by atoms with van der Waals surface area (Å²) in [6.45, 7) is 3.87. The molecule has 1 N–H and O–H groups in total. The Labute approximate surface area is 135 Å². The van der Waals surface area contributed by atoms with Crippen molar-refractivity contribution in [3.05, 3.63) is 59.7 Å². The molecule has 0 heterocycles. The Bertz CT molecular complexity index is 710. The van der Waals surface area contributed by atoms with E-state index >= 15 is 0 Å². The number of esters is 1. The van der Waals surface area contributed by atoms with Crippen LogP contribution in [0.2, 0.25) is 0 Å². The summed E-state index contributed by atoms with van der Waals surface area (Å²) in [6, 6.07) is 13.5. The first kappa shape index (κ1) is 16.5. The van der Waals surface area contributed by atoms with Crippen molar-refractivity contribution < 1.29 is 19.1 Å². The van der Waals surface area contributed by atoms with Gasteiger partial charge in [0.25, 0.3) is 5.91 Å². The fourth-order valence-electron chi connectivity index (χ4n) is 2.03. The number of carbonyl (C=O) groups excluding carboxylic acids is 2. The SMILES string of the molecule is COC(=O)c1cccc(C(=O)Nc2cccc(OC(C)C)c2)c1. The third kappa shape index (κ3) is 4.57. The Morgan fingerprint density at radius 3 is 2.39 bits per heavy atom. The van der Waals surface area contributed by atoms with Crippen LogP contribution < -0.4 is 10.1 Å². The smallest absolute Gasteiger partial charge is 0.337 e. The molecule has 0 atom stereocenters. The summed E-state index contributed by atoms with van der Waals surface area (Å²) in [5.41, 5.74) is 1.33. The van der Waals surface area contributed by atoms with Crippen molar-refractivity contribution >= 4 is 17.6 Å². The summed E-state index contributed by atoms with van der Waals surface area (Å²) in [5, 5.41) is 2.78. The Hall–Kier alpha value is -2.82. The molecule has 5 nitrogen and oxygen atoms in total. The Kier molecular flexibility index (Phi) is 5.36. The number of anilines is 1. The van der Waals surface area contributed by atoms with Gasteiger partial charge in [0.05, 0.1) is 18.8 Å². The van der Waals surface area contributed by atoms with E-state index in [1.165, 1.54) is 13.2 Å². The molecule has 0 fully saturated rings. The summed E-state index contributed by atoms with van der Waals surface area (Å²) in [4.78, 5) is 23.8. The minimum Gasteiger partial charge on any atom is -0.491 e. The van der Waals surface area contributed by atoms with Gasteiger partial charge in [0.1, 0.15) is 5.75 Å². The van der Waals surface area contributed by atoms with E-state index < -0.39 is 5.97 Å². The van der Waals surface area contributed by atoms with E-state index in [2.05, 4.69) is 10.1 Å². The molecule has 0 aliphatic carbocycles. The minimum absolute atomic E-state index is 0.0534. The topological polar surface area (TPSA) is 64.6 Å². The molecule has 2 aromatic carbocycles. The molecular formula is C18H19NO4. The standard InChI is InChI=1S/C18H19NO4/c1-12(2)23-16-9-5-8-15(11-16)19-17(20)13-6-4-7-14(10-13)18(21)22-3/h4-12H,1-3H3,(H,19,20). The highest BCUT2D eigenvalue weighted by Crippen LogP contribution is 2.19. The Balaban J connectivity index is 2.14. The van der Waals surface area contributed by atoms with Crippen LogP contribution in [0.3, 0.4) is 0 Å². The van der Waals surface area contributed by atoms with Gasteiger partial charge in [0.2, 0.25) is 0 Å². The Morgan fingerprint density at radius 2 is 1.70 bits per heavy atom. The largest absolute Gasteiger partial charge is 0.491 e. The zero-order valence-corrected chi connectivity index (χ0v) is 13.3. The van der Waals surface area contributed by atoms with E-state index in [-0.39, 0.29) is 12.0 Å². The van der Waals surface area contributed by atoms with E-state index in [0.717, 1.165) is 0 Å². The fraction of sp³-hybridized carbons (Fsp3) is 0.222. The third-order valence-electron chi connectivity index (χ3n) is 3.01. The molecule has 0 saturated heterocycles. The number of hydrogen-bond donors (Lipinski definition) is 1. The zero-order valence-electron chi connectivity index (χ0n) is 13.3. The second-order valence-electron chi connectivity index (χ2n) is 5.22. The zero-order chi connectivity index (χ0) is 16.8. The molecule has 1 amide bonds. The van der Waals surface area contributed by atoms with Crippen molar-refractivity contribution in [3.8, 4) is 5.75 Å². The van der Waals surface area contributed by atoms with Crippen LogP contribution >= 0.6 is 0 Å². The maximum Gasteiger partial charge on any atom is 0.337 e. The lowest BCUT2D eigenvalue weighted by atomic mass is 10.1. The molecule has 5 heteroatoms. The number of ether oxygens (including phenoxy) is 2. The summed E-state index contributed by atoms with van der Waals surface area (Å²) in [5.74, 6) is -0.106. The highest BCUT2D eigenvalue weighted by atomic mass is 16.5. The van der Waals surface area contributed by atoms with Gasteiger partial charge < -0.3 is 14.8 Å². The number of methoxy groups -OCH3 is 1. The van der Waals surface area contributed by atoms with E-state index in [9.17, 15) is 9.59 Å². The normalized spacial score (nSPS) is 10.3. The lowest BCUT2D eigenvalue weighted by Gasteiger charge is -2.11. The van der Waals surface area contributed by atoms with Crippen LogP contribution in [-0.4, -0.2) is 25.1 Å². The minimum atomic E-state index is -0.480. The third-order valence-corrected chi connectivity index (χ3v) is 3.01. The monoisotopic (exact) mass is 313 g/mol. The van der Waals surface area contributed by atoms with Crippen molar-refractivity contribution in [1.29, 1.82) is 0 Å². The number of rotatable bonds is 5. The first-order valence-corrected chi connectivity index (χ1v) is 7.26. The molecule has 23 heavy (non-hydrogen) atoms. The molecule has 0 unspecified atom stereocenters. The highest BCUT2D eigenvalue weighted by Gasteiger charge is 2.11. The maximum atomic E-state index is 12.3. The molecule has 0 aliphatic rings. The first-order valence-electron chi connectivity index (χ1n) is 7.26. The second kappa shape index (κ2) is 7.45. The second-order valence-corrected chi connectivity index (χ2v) is 5.22. The van der Waals surface area contributed by atoms with Gasteiger partial charge >= 0.3 is 5.97 Å². The van der Waals surface area contributed by atoms with Crippen molar-refractivity contribution in [3.63, 3.8) is 0 Å². The average molecular weight is 313 g/mol. The lowest BCUT2D eigenvalue weighted by molar-refractivity contribution is 0.0600. The van der Waals surface area contributed by atoms with Gasteiger partial charge in [-0.05, 0) is 44.2 Å². The molecule has 2 rings (SSSR count). The number of amides is 1. The molecule has 0 spiro atoms. The summed E-state index contributed by atoms with van der Waals surface area (Å²) in [7, 11) is 1.30. The number of hydrogen-bond acceptors (Lipinski definition) is 4. The predicted octanol–water partition coefficient (Wildman–Crippen LogP) is 3.51. The van der Waals surface area contributed by atoms with Crippen molar-refractivity contribution in [2.75, 3.05) is 12.4 Å². The summed E-state index contributed by atoms with van der Waals surface area (Å²) >= 11 is 0.